The molecule has 0 aliphatic carbocycles. The van der Waals surface area contributed by atoms with Gasteiger partial charge in [-0.25, -0.2) is 4.79 Å². The quantitative estimate of drug-likeness (QED) is 0.561. The van der Waals surface area contributed by atoms with Crippen molar-refractivity contribution in [3.05, 3.63) is 17.2 Å². The summed E-state index contributed by atoms with van der Waals surface area (Å²) in [5.74, 6) is -2.19. The molecule has 6 heteroatoms. The standard InChI is InChI=1S/C13H12O6/c1-5-4-6(14)7-8-11(16)18-13(2,3)19-12(8)17-10(7)9(5)15/h4,14-15H,1-3H3. The number of benzene rings is 1. The van der Waals surface area contributed by atoms with Crippen molar-refractivity contribution in [3.8, 4) is 17.4 Å². The highest BCUT2D eigenvalue weighted by atomic mass is 16.8. The third-order valence-corrected chi connectivity index (χ3v) is 2.96. The molecule has 0 bridgehead atoms. The van der Waals surface area contributed by atoms with Crippen LogP contribution in [0, 0.1) is 6.92 Å². The Balaban J connectivity index is 2.39. The van der Waals surface area contributed by atoms with Gasteiger partial charge in [0.2, 0.25) is 0 Å². The molecular weight excluding hydrogens is 252 g/mol. The van der Waals surface area contributed by atoms with Crippen LogP contribution in [0.1, 0.15) is 29.8 Å². The first-order chi connectivity index (χ1) is 8.80. The van der Waals surface area contributed by atoms with Gasteiger partial charge >= 0.3 is 11.9 Å². The van der Waals surface area contributed by atoms with Gasteiger partial charge in [-0.05, 0) is 18.6 Å². The van der Waals surface area contributed by atoms with E-state index in [1.54, 1.807) is 20.8 Å². The van der Waals surface area contributed by atoms with Crippen LogP contribution in [-0.4, -0.2) is 22.0 Å². The summed E-state index contributed by atoms with van der Waals surface area (Å²) >= 11 is 0. The number of hydrogen-bond donors (Lipinski definition) is 2. The van der Waals surface area contributed by atoms with Crippen LogP contribution in [0.5, 0.6) is 17.4 Å². The molecule has 19 heavy (non-hydrogen) atoms. The minimum absolute atomic E-state index is 0.0113. The normalized spacial score (nSPS) is 16.9. The van der Waals surface area contributed by atoms with E-state index in [-0.39, 0.29) is 34.0 Å². The van der Waals surface area contributed by atoms with E-state index in [2.05, 4.69) is 0 Å². The first kappa shape index (κ1) is 11.7. The number of fused-ring (bicyclic) bond motifs is 3. The maximum absolute atomic E-state index is 12.0. The number of cyclic esters (lactones) is 1. The molecule has 2 heterocycles. The Morgan fingerprint density at radius 3 is 2.58 bits per heavy atom. The lowest BCUT2D eigenvalue weighted by atomic mass is 10.1. The summed E-state index contributed by atoms with van der Waals surface area (Å²) in [5, 5.41) is 20.0. The molecule has 6 nitrogen and oxygen atoms in total. The average molecular weight is 264 g/mol. The van der Waals surface area contributed by atoms with Crippen LogP contribution in [0.25, 0.3) is 11.0 Å². The van der Waals surface area contributed by atoms with E-state index < -0.39 is 11.8 Å². The van der Waals surface area contributed by atoms with Gasteiger partial charge in [-0.2, -0.15) is 0 Å². The van der Waals surface area contributed by atoms with Crippen LogP contribution in [0.2, 0.25) is 0 Å². The number of phenolic OH excluding ortho intramolecular Hbond substituents is 2. The molecule has 1 aromatic carbocycles. The van der Waals surface area contributed by atoms with Gasteiger partial charge in [0.15, 0.2) is 16.9 Å². The largest absolute Gasteiger partial charge is 0.507 e. The summed E-state index contributed by atoms with van der Waals surface area (Å²) in [6.07, 6.45) is 0. The number of aromatic hydroxyl groups is 2. The lowest BCUT2D eigenvalue weighted by Gasteiger charge is -2.28. The average Bonchev–Trinajstić information content (AvgIpc) is 2.64. The lowest BCUT2D eigenvalue weighted by molar-refractivity contribution is -0.136. The summed E-state index contributed by atoms with van der Waals surface area (Å²) < 4.78 is 15.8. The van der Waals surface area contributed by atoms with E-state index in [9.17, 15) is 15.0 Å². The van der Waals surface area contributed by atoms with Crippen molar-refractivity contribution in [2.24, 2.45) is 0 Å². The molecule has 3 rings (SSSR count). The summed E-state index contributed by atoms with van der Waals surface area (Å²) in [6, 6.07) is 1.35. The van der Waals surface area contributed by atoms with Crippen molar-refractivity contribution in [1.29, 1.82) is 0 Å². The Kier molecular flexibility index (Phi) is 2.06. The topological polar surface area (TPSA) is 89.1 Å². The fraction of sp³-hybridized carbons (Fsp3) is 0.308. The smallest absolute Gasteiger partial charge is 0.349 e. The zero-order chi connectivity index (χ0) is 13.9. The number of ether oxygens (including phenoxy) is 2. The van der Waals surface area contributed by atoms with Crippen molar-refractivity contribution in [1.82, 2.24) is 0 Å². The Labute approximate surface area is 108 Å². The molecule has 0 saturated heterocycles. The van der Waals surface area contributed by atoms with Crippen molar-refractivity contribution in [2.75, 3.05) is 0 Å². The van der Waals surface area contributed by atoms with E-state index in [0.29, 0.717) is 5.56 Å². The molecule has 0 spiro atoms. The second kappa shape index (κ2) is 3.34. The molecule has 0 atom stereocenters. The molecule has 0 fully saturated rings. The monoisotopic (exact) mass is 264 g/mol. The predicted molar refractivity (Wildman–Crippen MR) is 64.4 cm³/mol. The van der Waals surface area contributed by atoms with Gasteiger partial charge in [-0.1, -0.05) is 0 Å². The summed E-state index contributed by atoms with van der Waals surface area (Å²) in [5.41, 5.74) is 0.433. The highest BCUT2D eigenvalue weighted by Crippen LogP contribution is 2.46. The number of aryl methyl sites for hydroxylation is 1. The van der Waals surface area contributed by atoms with Crippen LogP contribution in [0.15, 0.2) is 10.5 Å². The van der Waals surface area contributed by atoms with E-state index in [4.69, 9.17) is 13.9 Å². The Morgan fingerprint density at radius 1 is 1.21 bits per heavy atom. The Hall–Kier alpha value is -2.37. The second-order valence-electron chi connectivity index (χ2n) is 4.92. The van der Waals surface area contributed by atoms with Crippen LogP contribution in [-0.2, 0) is 4.74 Å². The van der Waals surface area contributed by atoms with Gasteiger partial charge in [-0.3, -0.25) is 0 Å². The number of esters is 1. The SMILES string of the molecule is Cc1cc(O)c2c3c(oc2c1O)OC(C)(C)OC3=O. The van der Waals surface area contributed by atoms with Gasteiger partial charge in [0, 0.05) is 13.8 Å². The molecule has 0 unspecified atom stereocenters. The number of carbonyl (C=O) groups is 1. The minimum atomic E-state index is -1.15. The molecule has 1 aliphatic rings. The third kappa shape index (κ3) is 1.53. The van der Waals surface area contributed by atoms with Crippen LogP contribution in [0.3, 0.4) is 0 Å². The number of hydrogen-bond acceptors (Lipinski definition) is 6. The van der Waals surface area contributed by atoms with Crippen molar-refractivity contribution < 1.29 is 28.9 Å². The number of carbonyl (C=O) groups excluding carboxylic acids is 1. The van der Waals surface area contributed by atoms with Gasteiger partial charge in [-0.15, -0.1) is 0 Å². The van der Waals surface area contributed by atoms with E-state index in [1.807, 2.05) is 0 Å². The summed E-state index contributed by atoms with van der Waals surface area (Å²) in [4.78, 5) is 12.0. The molecule has 100 valence electrons. The van der Waals surface area contributed by atoms with Crippen molar-refractivity contribution in [2.45, 2.75) is 26.6 Å². The molecule has 1 aromatic heterocycles. The van der Waals surface area contributed by atoms with Gasteiger partial charge < -0.3 is 24.1 Å². The maximum Gasteiger partial charge on any atom is 0.349 e. The number of furan rings is 1. The molecule has 0 saturated carbocycles. The van der Waals surface area contributed by atoms with Crippen molar-refractivity contribution >= 4 is 16.9 Å². The van der Waals surface area contributed by atoms with E-state index >= 15 is 0 Å². The van der Waals surface area contributed by atoms with Crippen LogP contribution >= 0.6 is 0 Å². The molecule has 2 N–H and O–H groups in total. The molecule has 2 aromatic rings. The van der Waals surface area contributed by atoms with Crippen LogP contribution < -0.4 is 4.74 Å². The first-order valence-electron chi connectivity index (χ1n) is 5.70. The first-order valence-corrected chi connectivity index (χ1v) is 5.70. The van der Waals surface area contributed by atoms with Gasteiger partial charge in [0.1, 0.15) is 5.75 Å². The van der Waals surface area contributed by atoms with E-state index in [0.717, 1.165) is 0 Å². The summed E-state index contributed by atoms with van der Waals surface area (Å²) in [7, 11) is 0. The zero-order valence-electron chi connectivity index (χ0n) is 10.6. The molecule has 1 aliphatic heterocycles. The lowest BCUT2D eigenvalue weighted by Crippen LogP contribution is -2.38. The Bertz CT molecular complexity index is 710. The maximum atomic E-state index is 12.0. The minimum Gasteiger partial charge on any atom is -0.507 e. The molecule has 0 radical (unpaired) electrons. The zero-order valence-corrected chi connectivity index (χ0v) is 10.6. The highest BCUT2D eigenvalue weighted by Gasteiger charge is 2.40. The fourth-order valence-corrected chi connectivity index (χ4v) is 2.12. The predicted octanol–water partition coefficient (Wildman–Crippen LogP) is 2.44. The Morgan fingerprint density at radius 2 is 1.89 bits per heavy atom. The number of phenols is 2. The highest BCUT2D eigenvalue weighted by molar-refractivity contribution is 6.10. The third-order valence-electron chi connectivity index (χ3n) is 2.96. The molecular formula is C13H12O6. The number of rotatable bonds is 0. The van der Waals surface area contributed by atoms with E-state index in [1.165, 1.54) is 6.07 Å². The van der Waals surface area contributed by atoms with Crippen LogP contribution in [0.4, 0.5) is 0 Å². The van der Waals surface area contributed by atoms with Gasteiger partial charge in [0.25, 0.3) is 5.79 Å². The van der Waals surface area contributed by atoms with Crippen molar-refractivity contribution in [3.63, 3.8) is 0 Å². The summed E-state index contributed by atoms with van der Waals surface area (Å²) in [6.45, 7) is 4.73. The van der Waals surface area contributed by atoms with Gasteiger partial charge in [0.05, 0.1) is 5.39 Å². The fourth-order valence-electron chi connectivity index (χ4n) is 2.12. The molecule has 0 amide bonds. The second-order valence-corrected chi connectivity index (χ2v) is 4.92.